The Morgan fingerprint density at radius 3 is 1.29 bits per heavy atom. The van der Waals surface area contributed by atoms with Crippen molar-refractivity contribution in [2.45, 2.75) is 12.4 Å². The van der Waals surface area contributed by atoms with Gasteiger partial charge in [-0.1, -0.05) is 29.3 Å². The number of hydrogen-bond donors (Lipinski definition) is 0. The van der Waals surface area contributed by atoms with E-state index in [1.54, 1.807) is 0 Å². The van der Waals surface area contributed by atoms with Crippen LogP contribution in [0.2, 0.25) is 0 Å². The van der Waals surface area contributed by atoms with Crippen LogP contribution in [0.3, 0.4) is 0 Å². The molecule has 24 heteroatoms. The van der Waals surface area contributed by atoms with Crippen molar-refractivity contribution in [3.63, 3.8) is 0 Å². The molecule has 0 radical (unpaired) electrons. The number of nitrogens with zero attached hydrogens (tertiary/aromatic N) is 4. The molecule has 0 N–H and O–H groups in total. The van der Waals surface area contributed by atoms with Gasteiger partial charge in [-0.25, -0.2) is 17.6 Å². The Kier molecular flexibility index (Phi) is 15.4. The Morgan fingerprint density at radius 1 is 0.466 bits per heavy atom. The van der Waals surface area contributed by atoms with Gasteiger partial charge in [-0.15, -0.1) is 18.2 Å². The molecule has 0 amide bonds. The van der Waals surface area contributed by atoms with Crippen LogP contribution in [0.15, 0.2) is 97.6 Å². The van der Waals surface area contributed by atoms with E-state index in [1.807, 2.05) is 0 Å². The number of alkyl halides is 6. The number of rotatable bonds is 3. The van der Waals surface area contributed by atoms with Gasteiger partial charge in [-0.2, -0.15) is 32.4 Å². The molecule has 0 saturated carbocycles. The van der Waals surface area contributed by atoms with E-state index in [0.717, 1.165) is 67.3 Å². The molecule has 6 rings (SSSR count). The average Bonchev–Trinajstić information content (AvgIpc) is 3.08. The standard InChI is InChI=1S/C12H6F6N2.2C11H5F3N.F6P.Ir/c13-11(14,15)7-1-3-19-9(5-7)10-6-8(2-4-20-10)12(16,17)18;2*12-7-1-3-9(10(14)5-7)11-4-2-8(13)6-15-11;1-7(2,3,4,5)6;/h1-6H;2-6H;1-2,4-6H;;/q;3*-1;+3. The second-order valence-electron chi connectivity index (χ2n) is 10.6. The summed E-state index contributed by atoms with van der Waals surface area (Å²) in [5.41, 5.74) is -1.97. The molecule has 0 aliphatic heterocycles. The van der Waals surface area contributed by atoms with Gasteiger partial charge in [0.25, 0.3) is 0 Å². The van der Waals surface area contributed by atoms with Crippen molar-refractivity contribution in [2.24, 2.45) is 0 Å². The summed E-state index contributed by atoms with van der Waals surface area (Å²) in [5, 5.41) is 0. The van der Waals surface area contributed by atoms with Crippen LogP contribution in [0.4, 0.5) is 77.9 Å². The SMILES string of the molecule is FC(F)(F)c1ccnc(-c2cc(C(F)(F)F)ccn2)c1.F[P-](F)(F)(F)(F)F.Fc1[c-]cc(-c2ccc(F)cn2)c(F)c1.Fc1ccc(-c2[c-]cc(F)cc2F)nc1.[Ir+3]. The minimum atomic E-state index is -10.7. The zero-order valence-corrected chi connectivity index (χ0v) is 30.9. The zero-order valence-electron chi connectivity index (χ0n) is 27.6. The molecule has 312 valence electrons. The monoisotopic (exact) mass is 1050 g/mol. The van der Waals surface area contributed by atoms with Crippen LogP contribution < -0.4 is 0 Å². The van der Waals surface area contributed by atoms with Crippen LogP contribution in [-0.2, 0) is 32.5 Å². The summed E-state index contributed by atoms with van der Waals surface area (Å²) in [7, 11) is -10.7. The molecule has 0 fully saturated rings. The molecular formula is C34H16F18IrN4P. The van der Waals surface area contributed by atoms with Gasteiger partial charge in [0, 0.05) is 41.4 Å². The van der Waals surface area contributed by atoms with Crippen LogP contribution in [0, 0.1) is 47.0 Å². The van der Waals surface area contributed by atoms with E-state index in [4.69, 9.17) is 0 Å². The van der Waals surface area contributed by atoms with Gasteiger partial charge in [0.2, 0.25) is 0 Å². The number of hydrogen-bond acceptors (Lipinski definition) is 4. The maximum Gasteiger partial charge on any atom is 3.00 e. The third-order valence-corrected chi connectivity index (χ3v) is 6.15. The van der Waals surface area contributed by atoms with Crippen LogP contribution in [-0.4, -0.2) is 19.9 Å². The van der Waals surface area contributed by atoms with Gasteiger partial charge in [-0.05, 0) is 48.2 Å². The molecule has 6 aromatic rings. The first-order valence-corrected chi connectivity index (χ1v) is 16.6. The summed E-state index contributed by atoms with van der Waals surface area (Å²) < 4.78 is 211. The molecule has 0 spiro atoms. The maximum absolute atomic E-state index is 13.2. The number of benzene rings is 2. The van der Waals surface area contributed by atoms with Crippen molar-refractivity contribution < 1.29 is 98.0 Å². The van der Waals surface area contributed by atoms with E-state index in [1.165, 1.54) is 12.1 Å². The van der Waals surface area contributed by atoms with Crippen molar-refractivity contribution in [3.05, 3.63) is 156 Å². The first-order valence-electron chi connectivity index (χ1n) is 14.6. The zero-order chi connectivity index (χ0) is 43.0. The Bertz CT molecular complexity index is 2130. The molecule has 0 atom stereocenters. The fourth-order valence-corrected chi connectivity index (χ4v) is 3.83. The smallest absolute Gasteiger partial charge is 0.302 e. The average molecular weight is 1050 g/mol. The summed E-state index contributed by atoms with van der Waals surface area (Å²) in [4.78, 5) is 14.6. The number of aromatic nitrogens is 4. The first kappa shape index (κ1) is 49.0. The third kappa shape index (κ3) is 17.6. The number of halogens is 18. The van der Waals surface area contributed by atoms with Crippen LogP contribution >= 0.6 is 7.81 Å². The van der Waals surface area contributed by atoms with Crippen molar-refractivity contribution >= 4 is 7.81 Å². The fraction of sp³-hybridized carbons (Fsp3) is 0.0588. The molecule has 4 aromatic heterocycles. The fourth-order valence-electron chi connectivity index (χ4n) is 3.83. The first-order chi connectivity index (χ1) is 26.0. The summed E-state index contributed by atoms with van der Waals surface area (Å²) in [6, 6.07) is 15.9. The van der Waals surface area contributed by atoms with E-state index in [-0.39, 0.29) is 54.0 Å². The maximum atomic E-state index is 13.2. The summed E-state index contributed by atoms with van der Waals surface area (Å²) in [6.45, 7) is 0. The minimum Gasteiger partial charge on any atom is -0.302 e. The van der Waals surface area contributed by atoms with Gasteiger partial charge in [0.15, 0.2) is 0 Å². The van der Waals surface area contributed by atoms with Gasteiger partial charge < -0.3 is 4.98 Å². The van der Waals surface area contributed by atoms with Crippen LogP contribution in [0.1, 0.15) is 11.1 Å². The third-order valence-electron chi connectivity index (χ3n) is 6.15. The van der Waals surface area contributed by atoms with Gasteiger partial charge in [-0.3, -0.25) is 23.7 Å². The van der Waals surface area contributed by atoms with Gasteiger partial charge in [0.1, 0.15) is 11.6 Å². The Balaban J connectivity index is 0.000000278. The summed E-state index contributed by atoms with van der Waals surface area (Å²) >= 11 is 0. The van der Waals surface area contributed by atoms with Gasteiger partial charge >= 0.3 is 65.4 Å². The van der Waals surface area contributed by atoms with E-state index in [9.17, 15) is 77.9 Å². The molecule has 0 aliphatic carbocycles. The van der Waals surface area contributed by atoms with Crippen LogP contribution in [0.5, 0.6) is 0 Å². The van der Waals surface area contributed by atoms with Gasteiger partial charge in [0.05, 0.1) is 34.9 Å². The second-order valence-corrected chi connectivity index (χ2v) is 12.5. The molecule has 2 aromatic carbocycles. The molecule has 4 nitrogen and oxygen atoms in total. The summed E-state index contributed by atoms with van der Waals surface area (Å²) in [6.07, 6.45) is -5.51. The largest absolute Gasteiger partial charge is 3.00 e. The van der Waals surface area contributed by atoms with E-state index >= 15 is 0 Å². The minimum absolute atomic E-state index is 0. The van der Waals surface area contributed by atoms with E-state index in [2.05, 4.69) is 32.1 Å². The molecule has 0 saturated heterocycles. The number of pyridine rings is 4. The Labute approximate surface area is 327 Å². The van der Waals surface area contributed by atoms with Crippen LogP contribution in [0.25, 0.3) is 33.9 Å². The van der Waals surface area contributed by atoms with Crippen molar-refractivity contribution in [2.75, 3.05) is 0 Å². The Hall–Kier alpha value is -5.14. The molecule has 0 unspecified atom stereocenters. The van der Waals surface area contributed by atoms with Crippen molar-refractivity contribution in [3.8, 4) is 33.9 Å². The van der Waals surface area contributed by atoms with Crippen molar-refractivity contribution in [1.82, 2.24) is 19.9 Å². The summed E-state index contributed by atoms with van der Waals surface area (Å²) in [5.74, 6) is -4.03. The molecule has 58 heavy (non-hydrogen) atoms. The quantitative estimate of drug-likeness (QED) is 0.101. The van der Waals surface area contributed by atoms with E-state index in [0.29, 0.717) is 18.2 Å². The second kappa shape index (κ2) is 18.2. The molecular weight excluding hydrogens is 1030 g/mol. The molecule has 4 heterocycles. The van der Waals surface area contributed by atoms with E-state index < -0.39 is 66.2 Å². The normalized spacial score (nSPS) is 12.4. The molecule has 0 aliphatic rings. The molecule has 0 bridgehead atoms. The van der Waals surface area contributed by atoms with Crippen molar-refractivity contribution in [1.29, 1.82) is 0 Å². The Morgan fingerprint density at radius 2 is 0.914 bits per heavy atom. The predicted molar refractivity (Wildman–Crippen MR) is 168 cm³/mol. The predicted octanol–water partition coefficient (Wildman–Crippen LogP) is 13.5. The topological polar surface area (TPSA) is 51.6 Å².